The molecule has 9 heavy (non-hydrogen) atoms. The van der Waals surface area contributed by atoms with Crippen molar-refractivity contribution in [1.82, 2.24) is 0 Å². The minimum absolute atomic E-state index is 1.16. The minimum Gasteiger partial charge on any atom is -0.229 e. The van der Waals surface area contributed by atoms with Crippen molar-refractivity contribution < 1.29 is 8.42 Å². The number of hydrogen-bond acceptors (Lipinski definition) is 2. The number of allylic oxidation sites excluding steroid dienone is 1. The topological polar surface area (TPSA) is 34.1 Å². The summed E-state index contributed by atoms with van der Waals surface area (Å²) >= 11 is 0. The molecule has 0 N–H and O–H groups in total. The van der Waals surface area contributed by atoms with Crippen LogP contribution in [0.3, 0.4) is 0 Å². The minimum atomic E-state index is -2.67. The Morgan fingerprint density at radius 1 is 1.22 bits per heavy atom. The molecule has 0 rings (SSSR count). The molecular weight excluding hydrogens is 136 g/mol. The molecule has 0 aliphatic rings. The van der Waals surface area contributed by atoms with E-state index in [2.05, 4.69) is 6.58 Å². The molecule has 0 aromatic rings. The number of rotatable bonds is 0. The molecule has 0 aliphatic carbocycles. The third-order valence-electron chi connectivity index (χ3n) is 0. The number of sulfone groups is 1. The third-order valence-corrected chi connectivity index (χ3v) is 0. The molecule has 2 nitrogen and oxygen atoms in total. The first-order valence-corrected chi connectivity index (χ1v) is 4.80. The Balaban J connectivity index is 0. The van der Waals surface area contributed by atoms with Crippen molar-refractivity contribution in [1.29, 1.82) is 0 Å². The van der Waals surface area contributed by atoms with Crippen LogP contribution in [0.4, 0.5) is 0 Å². The highest BCUT2D eigenvalue weighted by molar-refractivity contribution is 7.89. The molecule has 0 heterocycles. The van der Waals surface area contributed by atoms with E-state index in [0.29, 0.717) is 0 Å². The molecule has 0 saturated heterocycles. The summed E-state index contributed by atoms with van der Waals surface area (Å²) < 4.78 is 19.3. The molecule has 0 aromatic heterocycles. The van der Waals surface area contributed by atoms with Gasteiger partial charge >= 0.3 is 0 Å². The lowest BCUT2D eigenvalue weighted by Gasteiger charge is -1.69. The largest absolute Gasteiger partial charge is 0.229 e. The van der Waals surface area contributed by atoms with Crippen molar-refractivity contribution >= 4 is 9.84 Å². The van der Waals surface area contributed by atoms with Gasteiger partial charge in [-0.05, 0) is 13.8 Å². The highest BCUT2D eigenvalue weighted by Crippen LogP contribution is 1.73. The fourth-order valence-corrected chi connectivity index (χ4v) is 0. The second-order valence-corrected chi connectivity index (χ2v) is 4.64. The van der Waals surface area contributed by atoms with Crippen LogP contribution in [-0.2, 0) is 9.84 Å². The monoisotopic (exact) mass is 150 g/mol. The molecule has 0 spiro atoms. The van der Waals surface area contributed by atoms with Gasteiger partial charge in [0.1, 0.15) is 9.84 Å². The summed E-state index contributed by atoms with van der Waals surface area (Å²) in [5.41, 5.74) is 1.17. The molecule has 0 saturated carbocycles. The Morgan fingerprint density at radius 3 is 1.22 bits per heavy atom. The lowest BCUT2D eigenvalue weighted by atomic mass is 10.4. The van der Waals surface area contributed by atoms with E-state index in [1.807, 2.05) is 13.8 Å². The van der Waals surface area contributed by atoms with Gasteiger partial charge in [0, 0.05) is 12.5 Å². The van der Waals surface area contributed by atoms with Gasteiger partial charge in [-0.3, -0.25) is 0 Å². The predicted octanol–water partition coefficient (Wildman–Crippen LogP) is 1.24. The summed E-state index contributed by atoms with van der Waals surface area (Å²) in [6, 6.07) is 0. The van der Waals surface area contributed by atoms with Crippen LogP contribution in [0.15, 0.2) is 12.2 Å². The molecule has 0 atom stereocenters. The summed E-state index contributed by atoms with van der Waals surface area (Å²) in [6.45, 7) is 7.50. The van der Waals surface area contributed by atoms with Crippen LogP contribution in [0.2, 0.25) is 0 Å². The first kappa shape index (κ1) is 11.5. The van der Waals surface area contributed by atoms with Crippen molar-refractivity contribution in [2.45, 2.75) is 13.8 Å². The summed E-state index contributed by atoms with van der Waals surface area (Å²) in [6.07, 6.45) is 2.32. The lowest BCUT2D eigenvalue weighted by molar-refractivity contribution is 0.607. The quantitative estimate of drug-likeness (QED) is 0.487. The van der Waals surface area contributed by atoms with Crippen LogP contribution in [0.5, 0.6) is 0 Å². The van der Waals surface area contributed by atoms with Crippen molar-refractivity contribution in [2.24, 2.45) is 0 Å². The molecule has 3 heteroatoms. The molecule has 0 radical (unpaired) electrons. The first-order valence-electron chi connectivity index (χ1n) is 2.50. The fraction of sp³-hybridized carbons (Fsp3) is 0.667. The van der Waals surface area contributed by atoms with E-state index in [0.717, 1.165) is 12.5 Å². The van der Waals surface area contributed by atoms with Crippen molar-refractivity contribution in [3.63, 3.8) is 0 Å². The maximum Gasteiger partial charge on any atom is 0.144 e. The number of hydrogen-bond donors (Lipinski definition) is 0. The Labute approximate surface area is 57.5 Å². The lowest BCUT2D eigenvalue weighted by Crippen LogP contribution is -1.86. The van der Waals surface area contributed by atoms with Gasteiger partial charge < -0.3 is 0 Å². The molecule has 0 unspecified atom stereocenters. The van der Waals surface area contributed by atoms with Gasteiger partial charge in [-0.2, -0.15) is 0 Å². The third kappa shape index (κ3) is 2590. The van der Waals surface area contributed by atoms with E-state index < -0.39 is 9.84 Å². The Hall–Kier alpha value is -0.310. The van der Waals surface area contributed by atoms with Crippen LogP contribution < -0.4 is 0 Å². The smallest absolute Gasteiger partial charge is 0.144 e. The van der Waals surface area contributed by atoms with Crippen LogP contribution in [0, 0.1) is 0 Å². The van der Waals surface area contributed by atoms with Gasteiger partial charge in [0.2, 0.25) is 0 Å². The summed E-state index contributed by atoms with van der Waals surface area (Å²) in [7, 11) is -2.67. The second kappa shape index (κ2) is 4.56. The molecule has 56 valence electrons. The van der Waals surface area contributed by atoms with Crippen LogP contribution in [0.25, 0.3) is 0 Å². The zero-order valence-electron chi connectivity index (χ0n) is 6.43. The molecule has 0 aliphatic heterocycles. The van der Waals surface area contributed by atoms with Crippen molar-refractivity contribution in [2.75, 3.05) is 12.5 Å². The first-order chi connectivity index (χ1) is 3.73. The van der Waals surface area contributed by atoms with Crippen molar-refractivity contribution in [3.8, 4) is 0 Å². The second-order valence-electron chi connectivity index (χ2n) is 2.35. The van der Waals surface area contributed by atoms with E-state index in [1.54, 1.807) is 0 Å². The highest BCUT2D eigenvalue weighted by atomic mass is 32.2. The predicted molar refractivity (Wildman–Crippen MR) is 41.3 cm³/mol. The average molecular weight is 150 g/mol. The van der Waals surface area contributed by atoms with E-state index in [1.165, 1.54) is 5.57 Å². The molecule has 0 bridgehead atoms. The van der Waals surface area contributed by atoms with E-state index >= 15 is 0 Å². The summed E-state index contributed by atoms with van der Waals surface area (Å²) in [4.78, 5) is 0. The SMILES string of the molecule is C=C(C)C.CS(C)(=O)=O. The normalized spacial score (nSPS) is 9.33. The van der Waals surface area contributed by atoms with Gasteiger partial charge in [0.05, 0.1) is 0 Å². The fourth-order valence-electron chi connectivity index (χ4n) is 0. The molecule has 0 fully saturated rings. The van der Waals surface area contributed by atoms with E-state index in [4.69, 9.17) is 0 Å². The van der Waals surface area contributed by atoms with Crippen LogP contribution in [-0.4, -0.2) is 20.9 Å². The molecule has 0 aromatic carbocycles. The average Bonchev–Trinajstić information content (AvgIpc) is 1.19. The van der Waals surface area contributed by atoms with Crippen molar-refractivity contribution in [3.05, 3.63) is 12.2 Å². The Morgan fingerprint density at radius 2 is 1.22 bits per heavy atom. The highest BCUT2D eigenvalue weighted by Gasteiger charge is 1.79. The van der Waals surface area contributed by atoms with Crippen LogP contribution in [0.1, 0.15) is 13.8 Å². The molecule has 0 amide bonds. The maximum atomic E-state index is 9.63. The zero-order valence-corrected chi connectivity index (χ0v) is 7.25. The van der Waals surface area contributed by atoms with E-state index in [9.17, 15) is 8.42 Å². The van der Waals surface area contributed by atoms with Gasteiger partial charge in [0.25, 0.3) is 0 Å². The van der Waals surface area contributed by atoms with Crippen LogP contribution >= 0.6 is 0 Å². The van der Waals surface area contributed by atoms with Gasteiger partial charge in [-0.15, -0.1) is 6.58 Å². The Bertz CT molecular complexity index is 153. The summed E-state index contributed by atoms with van der Waals surface area (Å²) in [5.74, 6) is 0. The maximum absolute atomic E-state index is 9.63. The van der Waals surface area contributed by atoms with Gasteiger partial charge in [-0.25, -0.2) is 8.42 Å². The summed E-state index contributed by atoms with van der Waals surface area (Å²) in [5, 5.41) is 0. The zero-order chi connectivity index (χ0) is 8.08. The molecular formula is C6H14O2S. The van der Waals surface area contributed by atoms with Gasteiger partial charge in [-0.1, -0.05) is 5.57 Å². The van der Waals surface area contributed by atoms with Gasteiger partial charge in [0.15, 0.2) is 0 Å². The standard InChI is InChI=1S/C4H8.C2H6O2S/c1-4(2)3;1-5(2,3)4/h1H2,2-3H3;1-2H3. The van der Waals surface area contributed by atoms with E-state index in [-0.39, 0.29) is 0 Å². The Kier molecular flexibility index (Phi) is 5.81.